The molecule has 0 saturated carbocycles. The number of carbonyl (C=O) groups is 1. The molecule has 0 spiro atoms. The van der Waals surface area contributed by atoms with Crippen molar-refractivity contribution < 1.29 is 9.53 Å². The van der Waals surface area contributed by atoms with Crippen LogP contribution in [-0.2, 0) is 4.79 Å². The van der Waals surface area contributed by atoms with Crippen molar-refractivity contribution in [3.05, 3.63) is 53.7 Å². The summed E-state index contributed by atoms with van der Waals surface area (Å²) in [4.78, 5) is 14.1. The van der Waals surface area contributed by atoms with E-state index in [2.05, 4.69) is 15.3 Å². The summed E-state index contributed by atoms with van der Waals surface area (Å²) in [6.45, 7) is 3.62. The number of likely N-dealkylation sites (tertiary alicyclic amines) is 1. The maximum atomic E-state index is 11.7. The molecule has 2 heterocycles. The van der Waals surface area contributed by atoms with E-state index in [1.54, 1.807) is 11.7 Å². The van der Waals surface area contributed by atoms with Crippen molar-refractivity contribution in [3.8, 4) is 11.4 Å². The predicted molar refractivity (Wildman–Crippen MR) is 119 cm³/mol. The first kappa shape index (κ1) is 20.7. The number of nitrogens with one attached hydrogen (secondary N) is 1. The minimum Gasteiger partial charge on any atom is -0.494 e. The molecule has 2 aromatic carbocycles. The van der Waals surface area contributed by atoms with Crippen LogP contribution in [0, 0.1) is 5.92 Å². The number of benzene rings is 2. The molecule has 1 N–H and O–H groups in total. The number of aromatic nitrogens is 2. The van der Waals surface area contributed by atoms with Crippen LogP contribution in [0.25, 0.3) is 16.6 Å². The molecule has 0 atom stereocenters. The molecule has 7 heteroatoms. The smallest absolute Gasteiger partial charge is 0.222 e. The van der Waals surface area contributed by atoms with Gasteiger partial charge in [0.1, 0.15) is 10.9 Å². The van der Waals surface area contributed by atoms with Crippen LogP contribution in [0.3, 0.4) is 0 Å². The second kappa shape index (κ2) is 9.49. The molecule has 1 aliphatic rings. The van der Waals surface area contributed by atoms with Gasteiger partial charge < -0.3 is 15.0 Å². The van der Waals surface area contributed by atoms with Gasteiger partial charge in [0, 0.05) is 24.9 Å². The number of amides is 1. The third-order valence-electron chi connectivity index (χ3n) is 5.69. The summed E-state index contributed by atoms with van der Waals surface area (Å²) < 4.78 is 7.65. The highest BCUT2D eigenvalue weighted by atomic mass is 35.5. The van der Waals surface area contributed by atoms with Crippen LogP contribution >= 0.6 is 11.6 Å². The van der Waals surface area contributed by atoms with E-state index in [1.165, 1.54) is 0 Å². The van der Waals surface area contributed by atoms with Gasteiger partial charge in [-0.3, -0.25) is 4.79 Å². The highest BCUT2D eigenvalue weighted by Crippen LogP contribution is 2.27. The third-order valence-corrected chi connectivity index (χ3v) is 6.06. The Hall–Kier alpha value is -2.57. The van der Waals surface area contributed by atoms with Crippen molar-refractivity contribution in [2.75, 3.05) is 33.3 Å². The first-order chi connectivity index (χ1) is 14.7. The van der Waals surface area contributed by atoms with E-state index in [-0.39, 0.29) is 11.8 Å². The molecule has 30 heavy (non-hydrogen) atoms. The minimum absolute atomic E-state index is 0.168. The Labute approximate surface area is 181 Å². The maximum absolute atomic E-state index is 11.7. The third kappa shape index (κ3) is 4.60. The van der Waals surface area contributed by atoms with Gasteiger partial charge in [0.05, 0.1) is 17.8 Å². The second-order valence-corrected chi connectivity index (χ2v) is 8.00. The Morgan fingerprint density at radius 1 is 1.17 bits per heavy atom. The van der Waals surface area contributed by atoms with Crippen LogP contribution in [0.4, 0.5) is 0 Å². The number of nitrogens with zero attached hydrogens (tertiary/aromatic N) is 3. The van der Waals surface area contributed by atoms with Crippen molar-refractivity contribution in [1.82, 2.24) is 20.0 Å². The Morgan fingerprint density at radius 3 is 2.60 bits per heavy atom. The Kier molecular flexibility index (Phi) is 6.55. The molecule has 0 bridgehead atoms. The number of hydrogen-bond donors (Lipinski definition) is 1. The number of halogens is 1. The maximum Gasteiger partial charge on any atom is 0.222 e. The SMILES string of the molecule is CNC(=O)C1CCN(CCCOc2ccc(-n3nc4ccccc4c3Cl)cc2)CC1. The monoisotopic (exact) mass is 426 g/mol. The number of carbonyl (C=O) groups excluding carboxylic acids is 1. The molecule has 0 aliphatic carbocycles. The number of hydrogen-bond acceptors (Lipinski definition) is 4. The van der Waals surface area contributed by atoms with Crippen molar-refractivity contribution in [1.29, 1.82) is 0 Å². The summed E-state index contributed by atoms with van der Waals surface area (Å²) >= 11 is 6.48. The van der Waals surface area contributed by atoms with Gasteiger partial charge in [-0.15, -0.1) is 0 Å². The van der Waals surface area contributed by atoms with Gasteiger partial charge in [-0.2, -0.15) is 5.10 Å². The molecular formula is C23H27ClN4O2. The Bertz CT molecular complexity index is 994. The van der Waals surface area contributed by atoms with Crippen LogP contribution in [0.5, 0.6) is 5.75 Å². The predicted octanol–water partition coefficient (Wildman–Crippen LogP) is 3.91. The van der Waals surface area contributed by atoms with Gasteiger partial charge in [-0.05, 0) is 68.8 Å². The average Bonchev–Trinajstić information content (AvgIpc) is 3.14. The first-order valence-electron chi connectivity index (χ1n) is 10.5. The molecule has 1 saturated heterocycles. The van der Waals surface area contributed by atoms with Gasteiger partial charge in [0.25, 0.3) is 0 Å². The van der Waals surface area contributed by atoms with E-state index < -0.39 is 0 Å². The highest BCUT2D eigenvalue weighted by Gasteiger charge is 2.23. The van der Waals surface area contributed by atoms with E-state index >= 15 is 0 Å². The van der Waals surface area contributed by atoms with Crippen molar-refractivity contribution >= 4 is 28.4 Å². The topological polar surface area (TPSA) is 59.4 Å². The first-order valence-corrected chi connectivity index (χ1v) is 10.8. The van der Waals surface area contributed by atoms with E-state index in [4.69, 9.17) is 16.3 Å². The van der Waals surface area contributed by atoms with E-state index in [9.17, 15) is 4.79 Å². The van der Waals surface area contributed by atoms with E-state index in [1.807, 2.05) is 48.5 Å². The fourth-order valence-corrected chi connectivity index (χ4v) is 4.25. The van der Waals surface area contributed by atoms with Crippen molar-refractivity contribution in [2.24, 2.45) is 5.92 Å². The van der Waals surface area contributed by atoms with Gasteiger partial charge >= 0.3 is 0 Å². The fourth-order valence-electron chi connectivity index (χ4n) is 3.96. The lowest BCUT2D eigenvalue weighted by Crippen LogP contribution is -2.40. The molecule has 4 rings (SSSR count). The van der Waals surface area contributed by atoms with Crippen LogP contribution in [0.1, 0.15) is 19.3 Å². The molecule has 1 aliphatic heterocycles. The molecule has 1 fully saturated rings. The molecule has 1 aromatic heterocycles. The number of rotatable bonds is 7. The van der Waals surface area contributed by atoms with Crippen LogP contribution in [0.15, 0.2) is 48.5 Å². The second-order valence-electron chi connectivity index (χ2n) is 7.65. The molecule has 0 radical (unpaired) electrons. The van der Waals surface area contributed by atoms with Gasteiger partial charge in [-0.1, -0.05) is 23.7 Å². The molecule has 1 amide bonds. The number of fused-ring (bicyclic) bond motifs is 1. The lowest BCUT2D eigenvalue weighted by molar-refractivity contribution is -0.125. The zero-order chi connectivity index (χ0) is 20.9. The Morgan fingerprint density at radius 2 is 1.90 bits per heavy atom. The van der Waals surface area contributed by atoms with Gasteiger partial charge in [0.15, 0.2) is 0 Å². The van der Waals surface area contributed by atoms with E-state index in [0.717, 1.165) is 61.2 Å². The molecule has 6 nitrogen and oxygen atoms in total. The van der Waals surface area contributed by atoms with E-state index in [0.29, 0.717) is 11.8 Å². The molecule has 3 aromatic rings. The minimum atomic E-state index is 0.168. The largest absolute Gasteiger partial charge is 0.494 e. The van der Waals surface area contributed by atoms with Crippen LogP contribution in [0.2, 0.25) is 5.15 Å². The van der Waals surface area contributed by atoms with Crippen molar-refractivity contribution in [2.45, 2.75) is 19.3 Å². The molecule has 0 unspecified atom stereocenters. The number of ether oxygens (including phenoxy) is 1. The zero-order valence-corrected chi connectivity index (χ0v) is 17.9. The average molecular weight is 427 g/mol. The fraction of sp³-hybridized carbons (Fsp3) is 0.391. The van der Waals surface area contributed by atoms with Gasteiger partial charge in [0.2, 0.25) is 5.91 Å². The molecular weight excluding hydrogens is 400 g/mol. The number of piperidine rings is 1. The summed E-state index contributed by atoms with van der Waals surface area (Å²) in [5.74, 6) is 1.18. The molecule has 158 valence electrons. The summed E-state index contributed by atoms with van der Waals surface area (Å²) in [5.41, 5.74) is 1.78. The summed E-state index contributed by atoms with van der Waals surface area (Å²) in [5, 5.41) is 8.88. The quantitative estimate of drug-likeness (QED) is 0.582. The van der Waals surface area contributed by atoms with Crippen molar-refractivity contribution in [3.63, 3.8) is 0 Å². The zero-order valence-electron chi connectivity index (χ0n) is 17.2. The Balaban J connectivity index is 1.25. The van der Waals surface area contributed by atoms with Gasteiger partial charge in [-0.25, -0.2) is 4.68 Å². The highest BCUT2D eigenvalue weighted by molar-refractivity contribution is 6.34. The normalized spacial score (nSPS) is 15.4. The lowest BCUT2D eigenvalue weighted by atomic mass is 9.96. The summed E-state index contributed by atoms with van der Waals surface area (Å²) in [6, 6.07) is 15.7. The van der Waals surface area contributed by atoms with Crippen LogP contribution in [-0.4, -0.2) is 53.9 Å². The van der Waals surface area contributed by atoms with Crippen LogP contribution < -0.4 is 10.1 Å². The lowest BCUT2D eigenvalue weighted by Gasteiger charge is -2.30. The summed E-state index contributed by atoms with van der Waals surface area (Å²) in [6.07, 6.45) is 2.84. The summed E-state index contributed by atoms with van der Waals surface area (Å²) in [7, 11) is 1.71. The standard InChI is InChI=1S/C23H27ClN4O2/c1-25-23(29)17-11-14-27(15-12-17)13-4-16-30-19-9-7-18(8-10-19)28-22(24)20-5-2-3-6-21(20)26-28/h2-3,5-10,17H,4,11-16H2,1H3,(H,25,29).